The number of aliphatic carboxylic acids is 1. The van der Waals surface area contributed by atoms with E-state index >= 15 is 0 Å². The molecule has 2 aromatic carbocycles. The van der Waals surface area contributed by atoms with Crippen LogP contribution in [0.15, 0.2) is 42.5 Å². The zero-order valence-electron chi connectivity index (χ0n) is 12.9. The van der Waals surface area contributed by atoms with Crippen molar-refractivity contribution >= 4 is 17.4 Å². The number of carboxylic acid groups (broad SMARTS) is 1. The van der Waals surface area contributed by atoms with Gasteiger partial charge in [-0.15, -0.1) is 0 Å². The average Bonchev–Trinajstić information content (AvgIpc) is 3.06. The number of carboxylic acids is 1. The summed E-state index contributed by atoms with van der Waals surface area (Å²) in [5, 5.41) is 20.1. The quantitative estimate of drug-likeness (QED) is 0.370. The van der Waals surface area contributed by atoms with Crippen LogP contribution >= 0.6 is 0 Å². The summed E-state index contributed by atoms with van der Waals surface area (Å²) >= 11 is 0. The Morgan fingerprint density at radius 1 is 1.12 bits per heavy atom. The molecular formula is C17H13NO7. The van der Waals surface area contributed by atoms with Crippen LogP contribution in [-0.4, -0.2) is 28.6 Å². The molecule has 1 atom stereocenters. The zero-order chi connectivity index (χ0) is 18.0. The van der Waals surface area contributed by atoms with Gasteiger partial charge in [-0.25, -0.2) is 0 Å². The van der Waals surface area contributed by atoms with E-state index in [1.807, 2.05) is 0 Å². The first-order valence-electron chi connectivity index (χ1n) is 7.35. The molecule has 8 heteroatoms. The zero-order valence-corrected chi connectivity index (χ0v) is 12.9. The second-order valence-corrected chi connectivity index (χ2v) is 5.45. The summed E-state index contributed by atoms with van der Waals surface area (Å²) in [4.78, 5) is 34.1. The number of hydrogen-bond donors (Lipinski definition) is 1. The summed E-state index contributed by atoms with van der Waals surface area (Å²) in [5.74, 6) is -2.11. The minimum Gasteiger partial charge on any atom is -0.481 e. The van der Waals surface area contributed by atoms with Crippen molar-refractivity contribution in [1.82, 2.24) is 0 Å². The van der Waals surface area contributed by atoms with Gasteiger partial charge in [-0.2, -0.15) is 0 Å². The van der Waals surface area contributed by atoms with Crippen molar-refractivity contribution in [2.75, 3.05) is 6.79 Å². The van der Waals surface area contributed by atoms with E-state index in [0.717, 1.165) is 0 Å². The molecule has 0 aliphatic carbocycles. The second-order valence-electron chi connectivity index (χ2n) is 5.45. The van der Waals surface area contributed by atoms with Crippen LogP contribution in [0, 0.1) is 16.0 Å². The van der Waals surface area contributed by atoms with E-state index in [2.05, 4.69) is 0 Å². The highest BCUT2D eigenvalue weighted by Crippen LogP contribution is 2.33. The molecule has 8 nitrogen and oxygen atoms in total. The lowest BCUT2D eigenvalue weighted by Crippen LogP contribution is -2.26. The molecule has 1 heterocycles. The summed E-state index contributed by atoms with van der Waals surface area (Å²) in [6.07, 6.45) is -0.0260. The monoisotopic (exact) mass is 343 g/mol. The third-order valence-corrected chi connectivity index (χ3v) is 3.85. The Hall–Kier alpha value is -3.42. The van der Waals surface area contributed by atoms with Crippen LogP contribution in [0.1, 0.15) is 15.9 Å². The van der Waals surface area contributed by atoms with Gasteiger partial charge in [-0.1, -0.05) is 6.07 Å². The van der Waals surface area contributed by atoms with Crippen LogP contribution in [0.5, 0.6) is 11.5 Å². The first kappa shape index (κ1) is 16.4. The molecule has 0 aromatic heterocycles. The molecule has 1 aliphatic rings. The summed E-state index contributed by atoms with van der Waals surface area (Å²) in [6.45, 7) is 0.100. The van der Waals surface area contributed by atoms with E-state index in [9.17, 15) is 24.8 Å². The lowest BCUT2D eigenvalue weighted by Gasteiger charge is -2.12. The van der Waals surface area contributed by atoms with E-state index in [-0.39, 0.29) is 24.5 Å². The molecule has 0 saturated carbocycles. The molecule has 2 aromatic rings. The maximum atomic E-state index is 12.5. The maximum absolute atomic E-state index is 12.5. The van der Waals surface area contributed by atoms with Crippen LogP contribution < -0.4 is 9.47 Å². The predicted molar refractivity (Wildman–Crippen MR) is 84.8 cm³/mol. The fourth-order valence-corrected chi connectivity index (χ4v) is 2.54. The van der Waals surface area contributed by atoms with Crippen LogP contribution in [0.3, 0.4) is 0 Å². The lowest BCUT2D eigenvalue weighted by molar-refractivity contribution is -0.384. The fourth-order valence-electron chi connectivity index (χ4n) is 2.54. The van der Waals surface area contributed by atoms with Gasteiger partial charge in [0, 0.05) is 17.7 Å². The Morgan fingerprint density at radius 2 is 1.80 bits per heavy atom. The molecule has 1 N–H and O–H groups in total. The molecule has 1 aliphatic heterocycles. The average molecular weight is 343 g/mol. The van der Waals surface area contributed by atoms with Gasteiger partial charge in [0.1, 0.15) is 5.92 Å². The smallest absolute Gasteiger partial charge is 0.314 e. The van der Waals surface area contributed by atoms with E-state index in [1.54, 1.807) is 18.2 Å². The molecule has 25 heavy (non-hydrogen) atoms. The first-order chi connectivity index (χ1) is 12.0. The predicted octanol–water partition coefficient (Wildman–Crippen LogP) is 2.45. The number of ketones is 1. The topological polar surface area (TPSA) is 116 Å². The van der Waals surface area contributed by atoms with E-state index < -0.39 is 22.6 Å². The van der Waals surface area contributed by atoms with Crippen LogP contribution in [0.2, 0.25) is 0 Å². The van der Waals surface area contributed by atoms with Crippen LogP contribution in [0.25, 0.3) is 0 Å². The largest absolute Gasteiger partial charge is 0.481 e. The summed E-state index contributed by atoms with van der Waals surface area (Å²) < 4.78 is 10.4. The number of carbonyl (C=O) groups excluding carboxylic acids is 1. The lowest BCUT2D eigenvalue weighted by atomic mass is 9.91. The van der Waals surface area contributed by atoms with Gasteiger partial charge in [0.25, 0.3) is 5.69 Å². The van der Waals surface area contributed by atoms with E-state index in [0.29, 0.717) is 17.1 Å². The number of hydrogen-bond acceptors (Lipinski definition) is 6. The number of rotatable bonds is 6. The minimum atomic E-state index is -1.30. The van der Waals surface area contributed by atoms with Crippen LogP contribution in [0.4, 0.5) is 5.69 Å². The second kappa shape index (κ2) is 6.60. The molecule has 0 spiro atoms. The minimum absolute atomic E-state index is 0.0260. The molecule has 0 bridgehead atoms. The Morgan fingerprint density at radius 3 is 2.44 bits per heavy atom. The normalized spacial score (nSPS) is 13.3. The third-order valence-electron chi connectivity index (χ3n) is 3.85. The highest BCUT2D eigenvalue weighted by molar-refractivity contribution is 6.08. The standard InChI is InChI=1S/C17H13NO7/c19-16(11-2-4-12(5-3-11)18(22)23)13(17(20)21)7-10-1-6-14-15(8-10)25-9-24-14/h1-6,8,13H,7,9H2,(H,20,21). The maximum Gasteiger partial charge on any atom is 0.314 e. The van der Waals surface area contributed by atoms with E-state index in [4.69, 9.17) is 9.47 Å². The van der Waals surface area contributed by atoms with Crippen molar-refractivity contribution in [1.29, 1.82) is 0 Å². The number of fused-ring (bicyclic) bond motifs is 1. The van der Waals surface area contributed by atoms with Gasteiger partial charge >= 0.3 is 5.97 Å². The molecule has 0 fully saturated rings. The van der Waals surface area contributed by atoms with Crippen LogP contribution in [-0.2, 0) is 11.2 Å². The molecular weight excluding hydrogens is 330 g/mol. The van der Waals surface area contributed by atoms with Crippen molar-refractivity contribution in [2.24, 2.45) is 5.92 Å². The van der Waals surface area contributed by atoms with E-state index in [1.165, 1.54) is 24.3 Å². The number of ether oxygens (including phenoxy) is 2. The third kappa shape index (κ3) is 3.42. The summed E-state index contributed by atoms with van der Waals surface area (Å²) in [7, 11) is 0. The van der Waals surface area contributed by atoms with Crippen molar-refractivity contribution in [2.45, 2.75) is 6.42 Å². The Balaban J connectivity index is 1.81. The molecule has 0 saturated heterocycles. The number of nitro benzene ring substituents is 1. The molecule has 3 rings (SSSR count). The van der Waals surface area contributed by atoms with Gasteiger partial charge in [-0.3, -0.25) is 19.7 Å². The molecule has 128 valence electrons. The molecule has 0 amide bonds. The SMILES string of the molecule is O=C(O)C(Cc1ccc2c(c1)OCO2)C(=O)c1ccc([N+](=O)[O-])cc1. The Bertz CT molecular complexity index is 845. The number of benzene rings is 2. The number of nitro groups is 1. The number of Topliss-reactive ketones (excluding diaryl/α,β-unsaturated/α-hetero) is 1. The van der Waals surface area contributed by atoms with Crippen molar-refractivity contribution < 1.29 is 29.1 Å². The van der Waals surface area contributed by atoms with Crippen molar-refractivity contribution in [3.05, 3.63) is 63.7 Å². The van der Waals surface area contributed by atoms with Gasteiger partial charge in [0.2, 0.25) is 6.79 Å². The van der Waals surface area contributed by atoms with Crippen molar-refractivity contribution in [3.8, 4) is 11.5 Å². The Kier molecular flexibility index (Phi) is 4.34. The van der Waals surface area contributed by atoms with Gasteiger partial charge in [0.15, 0.2) is 17.3 Å². The number of non-ortho nitro benzene ring substituents is 1. The molecule has 0 radical (unpaired) electrons. The number of carbonyl (C=O) groups is 2. The van der Waals surface area contributed by atoms with Gasteiger partial charge in [-0.05, 0) is 36.2 Å². The summed E-state index contributed by atoms with van der Waals surface area (Å²) in [6, 6.07) is 9.84. The fraction of sp³-hybridized carbons (Fsp3) is 0.176. The number of nitrogens with zero attached hydrogens (tertiary/aromatic N) is 1. The van der Waals surface area contributed by atoms with Gasteiger partial charge in [0.05, 0.1) is 4.92 Å². The Labute approximate surface area is 141 Å². The first-order valence-corrected chi connectivity index (χ1v) is 7.35. The summed E-state index contributed by atoms with van der Waals surface area (Å²) in [5.41, 5.74) is 0.560. The van der Waals surface area contributed by atoms with Crippen molar-refractivity contribution in [3.63, 3.8) is 0 Å². The highest BCUT2D eigenvalue weighted by Gasteiger charge is 2.28. The van der Waals surface area contributed by atoms with Gasteiger partial charge < -0.3 is 14.6 Å². The highest BCUT2D eigenvalue weighted by atomic mass is 16.7. The molecule has 1 unspecified atom stereocenters.